The molecule has 0 aromatic carbocycles. The minimum Gasteiger partial charge on any atom is -0.396 e. The van der Waals surface area contributed by atoms with Gasteiger partial charge in [0.2, 0.25) is 0 Å². The van der Waals surface area contributed by atoms with Crippen molar-refractivity contribution in [2.75, 3.05) is 19.8 Å². The minimum atomic E-state index is 0. The molecule has 1 fully saturated rings. The molecule has 0 aromatic rings. The molecule has 0 aromatic heterocycles. The molecule has 0 radical (unpaired) electrons. The number of halogens is 1. The second kappa shape index (κ2) is 4.91. The zero-order valence-corrected chi connectivity index (χ0v) is 6.64. The average molecular weight is 168 g/mol. The van der Waals surface area contributed by atoms with Gasteiger partial charge in [-0.15, -0.1) is 12.4 Å². The summed E-state index contributed by atoms with van der Waals surface area (Å²) in [5.41, 5.74) is 5.34. The number of aliphatic hydroxyl groups excluding tert-OH is 1. The summed E-state index contributed by atoms with van der Waals surface area (Å²) in [6.07, 6.45) is 1.12. The van der Waals surface area contributed by atoms with Gasteiger partial charge in [-0.05, 0) is 6.42 Å². The van der Waals surface area contributed by atoms with Crippen LogP contribution >= 0.6 is 12.4 Å². The lowest BCUT2D eigenvalue weighted by molar-refractivity contribution is 0.106. The van der Waals surface area contributed by atoms with Gasteiger partial charge in [0.05, 0.1) is 12.7 Å². The predicted molar refractivity (Wildman–Crippen MR) is 41.2 cm³/mol. The maximum Gasteiger partial charge on any atom is 0.0701 e. The van der Waals surface area contributed by atoms with Crippen LogP contribution in [-0.2, 0) is 4.74 Å². The fourth-order valence-electron chi connectivity index (χ4n) is 1.07. The summed E-state index contributed by atoms with van der Waals surface area (Å²) < 4.78 is 5.22. The quantitative estimate of drug-likeness (QED) is 0.597. The largest absolute Gasteiger partial charge is 0.396 e. The van der Waals surface area contributed by atoms with Crippen molar-refractivity contribution in [3.63, 3.8) is 0 Å². The molecule has 3 nitrogen and oxygen atoms in total. The molecular formula is C6H14ClNO2. The minimum absolute atomic E-state index is 0. The zero-order valence-electron chi connectivity index (χ0n) is 5.82. The van der Waals surface area contributed by atoms with Crippen LogP contribution in [0.4, 0.5) is 0 Å². The van der Waals surface area contributed by atoms with Crippen molar-refractivity contribution in [3.05, 3.63) is 0 Å². The van der Waals surface area contributed by atoms with Crippen molar-refractivity contribution in [3.8, 4) is 0 Å². The fraction of sp³-hybridized carbons (Fsp3) is 1.00. The highest BCUT2D eigenvalue weighted by molar-refractivity contribution is 5.85. The molecule has 0 spiro atoms. The van der Waals surface area contributed by atoms with Crippen molar-refractivity contribution in [1.29, 1.82) is 0 Å². The van der Waals surface area contributed by atoms with Crippen molar-refractivity contribution < 1.29 is 9.84 Å². The molecule has 1 aliphatic heterocycles. The van der Waals surface area contributed by atoms with Gasteiger partial charge in [-0.3, -0.25) is 0 Å². The third kappa shape index (κ3) is 2.42. The van der Waals surface area contributed by atoms with Crippen molar-refractivity contribution in [2.24, 2.45) is 11.7 Å². The van der Waals surface area contributed by atoms with Crippen LogP contribution in [0.2, 0.25) is 0 Å². The van der Waals surface area contributed by atoms with E-state index in [1.54, 1.807) is 0 Å². The van der Waals surface area contributed by atoms with Crippen LogP contribution < -0.4 is 5.73 Å². The third-order valence-electron chi connectivity index (χ3n) is 1.68. The Morgan fingerprint density at radius 1 is 1.60 bits per heavy atom. The van der Waals surface area contributed by atoms with Gasteiger partial charge in [0, 0.05) is 19.1 Å². The van der Waals surface area contributed by atoms with Crippen molar-refractivity contribution >= 4 is 12.4 Å². The van der Waals surface area contributed by atoms with E-state index in [9.17, 15) is 0 Å². The molecule has 1 saturated heterocycles. The Morgan fingerprint density at radius 2 is 2.30 bits per heavy atom. The van der Waals surface area contributed by atoms with Crippen LogP contribution in [-0.4, -0.2) is 31.0 Å². The van der Waals surface area contributed by atoms with E-state index in [4.69, 9.17) is 15.6 Å². The Hall–Kier alpha value is 0.170. The Morgan fingerprint density at radius 3 is 2.60 bits per heavy atom. The second-order valence-corrected chi connectivity index (χ2v) is 2.48. The Bertz CT molecular complexity index is 81.8. The number of hydrogen-bond acceptors (Lipinski definition) is 3. The van der Waals surface area contributed by atoms with Gasteiger partial charge >= 0.3 is 0 Å². The van der Waals surface area contributed by atoms with E-state index in [0.29, 0.717) is 19.1 Å². The first-order chi connectivity index (χ1) is 4.36. The molecule has 2 atom stereocenters. The first-order valence-corrected chi connectivity index (χ1v) is 3.29. The van der Waals surface area contributed by atoms with E-state index in [2.05, 4.69) is 0 Å². The lowest BCUT2D eigenvalue weighted by Crippen LogP contribution is -2.18. The SMILES string of the molecule is Cl.NCC1CC(CO)CO1. The number of aliphatic hydroxyl groups is 1. The first-order valence-electron chi connectivity index (χ1n) is 3.29. The van der Waals surface area contributed by atoms with Gasteiger partial charge in [-0.2, -0.15) is 0 Å². The molecule has 1 aliphatic rings. The lowest BCUT2D eigenvalue weighted by atomic mass is 10.1. The lowest BCUT2D eigenvalue weighted by Gasteiger charge is -2.02. The molecule has 0 saturated carbocycles. The summed E-state index contributed by atoms with van der Waals surface area (Å²) in [4.78, 5) is 0. The van der Waals surface area contributed by atoms with Crippen LogP contribution in [0.3, 0.4) is 0 Å². The molecule has 0 amide bonds. The van der Waals surface area contributed by atoms with E-state index in [1.165, 1.54) is 0 Å². The topological polar surface area (TPSA) is 55.5 Å². The molecule has 4 heteroatoms. The monoisotopic (exact) mass is 167 g/mol. The van der Waals surface area contributed by atoms with E-state index in [1.807, 2.05) is 0 Å². The second-order valence-electron chi connectivity index (χ2n) is 2.48. The Balaban J connectivity index is 0.000000810. The van der Waals surface area contributed by atoms with Crippen LogP contribution in [0.15, 0.2) is 0 Å². The summed E-state index contributed by atoms with van der Waals surface area (Å²) >= 11 is 0. The highest BCUT2D eigenvalue weighted by atomic mass is 35.5. The molecule has 0 aliphatic carbocycles. The molecule has 2 unspecified atom stereocenters. The van der Waals surface area contributed by atoms with Crippen LogP contribution in [0.1, 0.15) is 6.42 Å². The zero-order chi connectivity index (χ0) is 6.69. The Kier molecular flexibility index (Phi) is 4.99. The smallest absolute Gasteiger partial charge is 0.0701 e. The van der Waals surface area contributed by atoms with E-state index in [0.717, 1.165) is 6.42 Å². The maximum absolute atomic E-state index is 8.66. The van der Waals surface area contributed by atoms with Gasteiger partial charge < -0.3 is 15.6 Å². The van der Waals surface area contributed by atoms with Gasteiger partial charge in [0.1, 0.15) is 0 Å². The molecule has 10 heavy (non-hydrogen) atoms. The average Bonchev–Trinajstić information content (AvgIpc) is 2.34. The molecule has 3 N–H and O–H groups in total. The maximum atomic E-state index is 8.66. The highest BCUT2D eigenvalue weighted by Crippen LogP contribution is 2.17. The van der Waals surface area contributed by atoms with Crippen LogP contribution in [0, 0.1) is 5.92 Å². The summed E-state index contributed by atoms with van der Waals surface area (Å²) in [5, 5.41) is 8.66. The molecule has 0 bridgehead atoms. The number of rotatable bonds is 2. The number of nitrogens with two attached hydrogens (primary N) is 1. The Labute approximate surface area is 67.0 Å². The predicted octanol–water partition coefficient (Wildman–Crippen LogP) is -0.236. The summed E-state index contributed by atoms with van der Waals surface area (Å²) in [6.45, 7) is 1.49. The van der Waals surface area contributed by atoms with Gasteiger partial charge in [0.15, 0.2) is 0 Å². The van der Waals surface area contributed by atoms with Crippen LogP contribution in [0.5, 0.6) is 0 Å². The van der Waals surface area contributed by atoms with E-state index in [-0.39, 0.29) is 25.1 Å². The van der Waals surface area contributed by atoms with Gasteiger partial charge in [0.25, 0.3) is 0 Å². The third-order valence-corrected chi connectivity index (χ3v) is 1.68. The summed E-state index contributed by atoms with van der Waals surface area (Å²) in [5.74, 6) is 0.332. The molecular weight excluding hydrogens is 154 g/mol. The molecule has 1 rings (SSSR count). The molecule has 1 heterocycles. The highest BCUT2D eigenvalue weighted by Gasteiger charge is 2.22. The summed E-state index contributed by atoms with van der Waals surface area (Å²) in [7, 11) is 0. The van der Waals surface area contributed by atoms with Crippen LogP contribution in [0.25, 0.3) is 0 Å². The normalized spacial score (nSPS) is 31.8. The van der Waals surface area contributed by atoms with Crippen molar-refractivity contribution in [1.82, 2.24) is 0 Å². The van der Waals surface area contributed by atoms with E-state index >= 15 is 0 Å². The van der Waals surface area contributed by atoms with Gasteiger partial charge in [-0.1, -0.05) is 0 Å². The van der Waals surface area contributed by atoms with E-state index < -0.39 is 0 Å². The fourth-order valence-corrected chi connectivity index (χ4v) is 1.07. The summed E-state index contributed by atoms with van der Waals surface area (Å²) in [6, 6.07) is 0. The van der Waals surface area contributed by atoms with Crippen molar-refractivity contribution in [2.45, 2.75) is 12.5 Å². The standard InChI is InChI=1S/C6H13NO2.ClH/c7-2-6-1-5(3-8)4-9-6;/h5-6,8H,1-4,7H2;1H. The first kappa shape index (κ1) is 10.2. The molecule has 62 valence electrons. The number of hydrogen-bond donors (Lipinski definition) is 2. The van der Waals surface area contributed by atoms with Gasteiger partial charge in [-0.25, -0.2) is 0 Å². The number of ether oxygens (including phenoxy) is 1.